The maximum Gasteiger partial charge on any atom is 0.339 e. The number of carbonyl (C=O) groups is 1. The molecule has 2 aromatic carbocycles. The normalized spacial score (nSPS) is 15.6. The third-order valence-electron chi connectivity index (χ3n) is 4.08. The van der Waals surface area contributed by atoms with Crippen LogP contribution in [0.2, 0.25) is 5.02 Å². The number of halogens is 1. The highest BCUT2D eigenvalue weighted by molar-refractivity contribution is 8.26. The molecular formula is C19H16ClNO6S3. The third kappa shape index (κ3) is 4.56. The quantitative estimate of drug-likeness (QED) is 0.345. The Hall–Kier alpha value is -2.27. The summed E-state index contributed by atoms with van der Waals surface area (Å²) in [7, 11) is 0.253. The van der Waals surface area contributed by atoms with Gasteiger partial charge in [-0.25, -0.2) is 0 Å². The van der Waals surface area contributed by atoms with E-state index in [1.54, 1.807) is 13.1 Å². The molecule has 11 heteroatoms. The molecule has 0 aliphatic carbocycles. The molecule has 0 atom stereocenters. The predicted octanol–water partition coefficient (Wildman–Crippen LogP) is 3.96. The molecule has 1 aliphatic heterocycles. The smallest absolute Gasteiger partial charge is 0.339 e. The number of hydrogen-bond acceptors (Lipinski definition) is 8. The van der Waals surface area contributed by atoms with E-state index in [0.717, 1.165) is 11.8 Å². The highest BCUT2D eigenvalue weighted by atomic mass is 35.5. The summed E-state index contributed by atoms with van der Waals surface area (Å²) in [5.74, 6) is 0.210. The summed E-state index contributed by atoms with van der Waals surface area (Å²) in [6.07, 6.45) is 1.60. The molecule has 1 saturated heterocycles. The van der Waals surface area contributed by atoms with Gasteiger partial charge in [-0.2, -0.15) is 8.42 Å². The molecule has 1 aliphatic rings. The lowest BCUT2D eigenvalue weighted by Crippen LogP contribution is -2.22. The number of hydrogen-bond donors (Lipinski definition) is 0. The van der Waals surface area contributed by atoms with Gasteiger partial charge in [-0.05, 0) is 48.0 Å². The van der Waals surface area contributed by atoms with Gasteiger partial charge in [0.2, 0.25) is 5.75 Å². The maximum absolute atomic E-state index is 12.6. The lowest BCUT2D eigenvalue weighted by atomic mass is 10.2. The van der Waals surface area contributed by atoms with Crippen LogP contribution in [0.1, 0.15) is 5.56 Å². The van der Waals surface area contributed by atoms with E-state index in [4.69, 9.17) is 37.5 Å². The van der Waals surface area contributed by atoms with Gasteiger partial charge in [-0.1, -0.05) is 35.6 Å². The largest absolute Gasteiger partial charge is 0.497 e. The van der Waals surface area contributed by atoms with Crippen LogP contribution in [0.25, 0.3) is 6.08 Å². The number of methoxy groups -OCH3 is 2. The van der Waals surface area contributed by atoms with E-state index in [9.17, 15) is 13.2 Å². The minimum absolute atomic E-state index is 0.00432. The van der Waals surface area contributed by atoms with Gasteiger partial charge in [-0.3, -0.25) is 9.69 Å². The zero-order chi connectivity index (χ0) is 22.1. The van der Waals surface area contributed by atoms with Crippen molar-refractivity contribution in [3.63, 3.8) is 0 Å². The number of nitrogens with zero attached hydrogens (tertiary/aromatic N) is 1. The van der Waals surface area contributed by atoms with Gasteiger partial charge in [0.05, 0.1) is 24.1 Å². The molecular weight excluding hydrogens is 470 g/mol. The Balaban J connectivity index is 1.94. The fourth-order valence-electron chi connectivity index (χ4n) is 2.50. The molecule has 0 saturated carbocycles. The number of likely N-dealkylation sites (N-methyl/N-ethyl adjacent to an activating group) is 1. The van der Waals surface area contributed by atoms with Gasteiger partial charge in [0.1, 0.15) is 15.0 Å². The zero-order valence-electron chi connectivity index (χ0n) is 16.0. The average Bonchev–Trinajstić information content (AvgIpc) is 2.96. The molecule has 1 heterocycles. The summed E-state index contributed by atoms with van der Waals surface area (Å²) in [6.45, 7) is 0. The Kier molecular flexibility index (Phi) is 6.61. The van der Waals surface area contributed by atoms with Crippen LogP contribution in [0.15, 0.2) is 46.2 Å². The maximum atomic E-state index is 12.6. The van der Waals surface area contributed by atoms with Crippen molar-refractivity contribution in [1.82, 2.24) is 4.90 Å². The van der Waals surface area contributed by atoms with Crippen LogP contribution in [-0.4, -0.2) is 44.8 Å². The molecule has 1 amide bonds. The lowest BCUT2D eigenvalue weighted by Gasteiger charge is -2.13. The van der Waals surface area contributed by atoms with Crippen LogP contribution in [0.4, 0.5) is 0 Å². The number of rotatable bonds is 6. The number of thiocarbonyl (C=S) groups is 1. The zero-order valence-corrected chi connectivity index (χ0v) is 19.2. The van der Waals surface area contributed by atoms with Gasteiger partial charge in [0.25, 0.3) is 5.91 Å². The molecule has 0 N–H and O–H groups in total. The molecule has 7 nitrogen and oxygen atoms in total. The Labute approximate surface area is 188 Å². The van der Waals surface area contributed by atoms with Crippen molar-refractivity contribution < 1.29 is 26.9 Å². The summed E-state index contributed by atoms with van der Waals surface area (Å²) < 4.78 is 41.3. The monoisotopic (exact) mass is 485 g/mol. The van der Waals surface area contributed by atoms with Gasteiger partial charge in [0, 0.05) is 7.05 Å². The summed E-state index contributed by atoms with van der Waals surface area (Å²) in [5, 5.41) is 0.00432. The second-order valence-corrected chi connectivity index (χ2v) is 9.62. The first-order valence-corrected chi connectivity index (χ1v) is 11.3. The Morgan fingerprint density at radius 2 is 1.80 bits per heavy atom. The molecule has 2 aromatic rings. The van der Waals surface area contributed by atoms with Crippen molar-refractivity contribution in [3.8, 4) is 17.2 Å². The molecule has 0 aromatic heterocycles. The SMILES string of the molecule is COc1ccc(S(=O)(=O)Oc2c(Cl)cc(C=C3SC(=S)N(C)C3=O)cc2OC)cc1. The summed E-state index contributed by atoms with van der Waals surface area (Å²) in [5.41, 5.74) is 0.528. The first-order valence-electron chi connectivity index (χ1n) is 8.34. The summed E-state index contributed by atoms with van der Waals surface area (Å²) >= 11 is 12.6. The standard InChI is InChI=1S/C19H16ClNO6S3/c1-21-18(22)16(29-19(21)28)10-11-8-14(20)17(15(9-11)26-3)27-30(23,24)13-6-4-12(25-2)5-7-13/h4-10H,1-3H3. The number of amides is 1. The molecule has 0 bridgehead atoms. The predicted molar refractivity (Wildman–Crippen MR) is 120 cm³/mol. The van der Waals surface area contributed by atoms with Crippen molar-refractivity contribution in [2.24, 2.45) is 0 Å². The van der Waals surface area contributed by atoms with E-state index in [1.807, 2.05) is 0 Å². The number of benzene rings is 2. The molecule has 0 spiro atoms. The summed E-state index contributed by atoms with van der Waals surface area (Å²) in [4.78, 5) is 13.9. The molecule has 30 heavy (non-hydrogen) atoms. The van der Waals surface area contributed by atoms with Crippen LogP contribution in [-0.2, 0) is 14.9 Å². The van der Waals surface area contributed by atoms with Crippen LogP contribution >= 0.6 is 35.6 Å². The second-order valence-electron chi connectivity index (χ2n) is 5.99. The van der Waals surface area contributed by atoms with E-state index in [2.05, 4.69) is 0 Å². The van der Waals surface area contributed by atoms with Crippen LogP contribution in [0.5, 0.6) is 17.2 Å². The second kappa shape index (κ2) is 8.84. The van der Waals surface area contributed by atoms with E-state index >= 15 is 0 Å². The van der Waals surface area contributed by atoms with E-state index in [1.165, 1.54) is 55.5 Å². The van der Waals surface area contributed by atoms with E-state index in [-0.39, 0.29) is 27.3 Å². The van der Waals surface area contributed by atoms with Crippen LogP contribution in [0, 0.1) is 0 Å². The van der Waals surface area contributed by atoms with Crippen molar-refractivity contribution >= 4 is 62.0 Å². The Bertz CT molecular complexity index is 1150. The fourth-order valence-corrected chi connectivity index (χ4v) is 4.94. The van der Waals surface area contributed by atoms with Crippen molar-refractivity contribution in [2.45, 2.75) is 4.90 Å². The minimum Gasteiger partial charge on any atom is -0.497 e. The highest BCUT2D eigenvalue weighted by Gasteiger charge is 2.29. The molecule has 1 fully saturated rings. The van der Waals surface area contributed by atoms with Gasteiger partial charge in [-0.15, -0.1) is 0 Å². The van der Waals surface area contributed by atoms with Gasteiger partial charge >= 0.3 is 10.1 Å². The molecule has 0 unspecified atom stereocenters. The Morgan fingerprint density at radius 1 is 1.13 bits per heavy atom. The van der Waals surface area contributed by atoms with Crippen molar-refractivity contribution in [2.75, 3.05) is 21.3 Å². The number of thioether (sulfide) groups is 1. The highest BCUT2D eigenvalue weighted by Crippen LogP contribution is 2.40. The summed E-state index contributed by atoms with van der Waals surface area (Å²) in [6, 6.07) is 8.72. The topological polar surface area (TPSA) is 82.1 Å². The van der Waals surface area contributed by atoms with Gasteiger partial charge < -0.3 is 13.7 Å². The van der Waals surface area contributed by atoms with E-state index in [0.29, 0.717) is 20.5 Å². The minimum atomic E-state index is -4.17. The number of ether oxygens (including phenoxy) is 2. The van der Waals surface area contributed by atoms with Crippen LogP contribution in [0.3, 0.4) is 0 Å². The number of carbonyl (C=O) groups excluding carboxylic acids is 1. The third-order valence-corrected chi connectivity index (χ3v) is 7.08. The lowest BCUT2D eigenvalue weighted by molar-refractivity contribution is -0.121. The first-order chi connectivity index (χ1) is 14.2. The van der Waals surface area contributed by atoms with Crippen LogP contribution < -0.4 is 13.7 Å². The van der Waals surface area contributed by atoms with Crippen molar-refractivity contribution in [3.05, 3.63) is 51.9 Å². The molecule has 158 valence electrons. The first kappa shape index (κ1) is 22.4. The molecule has 0 radical (unpaired) electrons. The van der Waals surface area contributed by atoms with Gasteiger partial charge in [0.15, 0.2) is 5.75 Å². The average molecular weight is 486 g/mol. The van der Waals surface area contributed by atoms with E-state index < -0.39 is 10.1 Å². The van der Waals surface area contributed by atoms with Crippen molar-refractivity contribution in [1.29, 1.82) is 0 Å². The molecule has 3 rings (SSSR count). The Morgan fingerprint density at radius 3 is 2.33 bits per heavy atom. The fraction of sp³-hybridized carbons (Fsp3) is 0.158.